The van der Waals surface area contributed by atoms with Gasteiger partial charge < -0.3 is 14.2 Å². The van der Waals surface area contributed by atoms with Gasteiger partial charge >= 0.3 is 11.9 Å². The Bertz CT molecular complexity index is 974. The van der Waals surface area contributed by atoms with E-state index in [1.165, 1.54) is 6.20 Å². The van der Waals surface area contributed by atoms with E-state index in [-0.39, 0.29) is 11.9 Å². The highest BCUT2D eigenvalue weighted by Crippen LogP contribution is 2.19. The van der Waals surface area contributed by atoms with Crippen molar-refractivity contribution in [2.45, 2.75) is 38.5 Å². The molecule has 0 bridgehead atoms. The van der Waals surface area contributed by atoms with Crippen LogP contribution in [0, 0.1) is 0 Å². The minimum atomic E-state index is -0.379. The van der Waals surface area contributed by atoms with Crippen LogP contribution >= 0.6 is 0 Å². The number of unbranched alkanes of at least 4 members (excludes halogenated alkanes) is 5. The summed E-state index contributed by atoms with van der Waals surface area (Å²) in [5, 5.41) is 0. The maximum absolute atomic E-state index is 12.1. The number of carbonyl (C=O) groups is 2. The Kier molecular flexibility index (Phi) is 9.94. The van der Waals surface area contributed by atoms with Gasteiger partial charge in [-0.25, -0.2) is 9.59 Å². The van der Waals surface area contributed by atoms with Gasteiger partial charge in [0.05, 0.1) is 24.3 Å². The van der Waals surface area contributed by atoms with E-state index in [9.17, 15) is 9.59 Å². The van der Waals surface area contributed by atoms with Crippen LogP contribution in [-0.4, -0.2) is 30.1 Å². The number of hydrogen-bond donors (Lipinski definition) is 0. The number of ether oxygens (including phenoxy) is 3. The van der Waals surface area contributed by atoms with E-state index in [0.29, 0.717) is 30.1 Å². The van der Waals surface area contributed by atoms with Gasteiger partial charge in [-0.3, -0.25) is 4.98 Å². The Labute approximate surface area is 194 Å². The fourth-order valence-corrected chi connectivity index (χ4v) is 3.18. The molecule has 0 radical (unpaired) electrons. The van der Waals surface area contributed by atoms with Gasteiger partial charge in [0.1, 0.15) is 11.5 Å². The van der Waals surface area contributed by atoms with Crippen molar-refractivity contribution in [3.05, 3.63) is 90.3 Å². The first kappa shape index (κ1) is 24.0. The molecule has 33 heavy (non-hydrogen) atoms. The minimum absolute atomic E-state index is 0.317. The van der Waals surface area contributed by atoms with Crippen molar-refractivity contribution in [2.75, 3.05) is 13.2 Å². The Balaban J connectivity index is 1.19. The second-order valence-corrected chi connectivity index (χ2v) is 7.57. The fraction of sp³-hybridized carbons (Fsp3) is 0.296. The maximum Gasteiger partial charge on any atom is 0.343 e. The predicted octanol–water partition coefficient (Wildman–Crippen LogP) is 5.88. The molecule has 1 aromatic heterocycles. The number of rotatable bonds is 13. The lowest BCUT2D eigenvalue weighted by atomic mass is 10.1. The maximum atomic E-state index is 12.1. The largest absolute Gasteiger partial charge is 0.494 e. The number of benzene rings is 2. The summed E-state index contributed by atoms with van der Waals surface area (Å²) in [7, 11) is 0. The summed E-state index contributed by atoms with van der Waals surface area (Å²) in [5.41, 5.74) is 1.00. The lowest BCUT2D eigenvalue weighted by Gasteiger charge is -2.08. The van der Waals surface area contributed by atoms with Gasteiger partial charge in [0.25, 0.3) is 0 Å². The van der Waals surface area contributed by atoms with Crippen LogP contribution in [0.3, 0.4) is 0 Å². The van der Waals surface area contributed by atoms with Crippen molar-refractivity contribution in [1.29, 1.82) is 0 Å². The average molecular weight is 448 g/mol. The van der Waals surface area contributed by atoms with Crippen molar-refractivity contribution in [3.8, 4) is 11.5 Å². The number of aromatic nitrogens is 1. The Morgan fingerprint density at radius 2 is 1.27 bits per heavy atom. The van der Waals surface area contributed by atoms with E-state index >= 15 is 0 Å². The van der Waals surface area contributed by atoms with Crippen LogP contribution in [0.15, 0.2) is 79.1 Å². The van der Waals surface area contributed by atoms with E-state index < -0.39 is 0 Å². The monoisotopic (exact) mass is 447 g/mol. The first-order valence-corrected chi connectivity index (χ1v) is 11.3. The van der Waals surface area contributed by atoms with Crippen molar-refractivity contribution in [1.82, 2.24) is 4.98 Å². The third kappa shape index (κ3) is 8.77. The molecule has 0 aliphatic carbocycles. The van der Waals surface area contributed by atoms with E-state index in [4.69, 9.17) is 14.2 Å². The number of carbonyl (C=O) groups excluding carboxylic acids is 2. The summed E-state index contributed by atoms with van der Waals surface area (Å²) in [6.45, 7) is 1.08. The first-order chi connectivity index (χ1) is 16.2. The summed E-state index contributed by atoms with van der Waals surface area (Å²) in [6, 6.07) is 19.4. The third-order valence-electron chi connectivity index (χ3n) is 4.98. The number of hydrogen-bond acceptors (Lipinski definition) is 6. The molecule has 0 amide bonds. The molecule has 2 aromatic carbocycles. The van der Waals surface area contributed by atoms with Crippen LogP contribution in [0.5, 0.6) is 11.5 Å². The molecule has 0 N–H and O–H groups in total. The standard InChI is InChI=1S/C27H29NO5/c29-26(23-13-10-18-28-21-23)32-20-9-4-2-1-3-8-19-31-24-14-16-25(17-15-24)33-27(30)22-11-6-5-7-12-22/h5-7,10-18,21H,1-4,8-9,19-20H2. The van der Waals surface area contributed by atoms with E-state index in [1.807, 2.05) is 6.07 Å². The first-order valence-electron chi connectivity index (χ1n) is 11.3. The third-order valence-corrected chi connectivity index (χ3v) is 4.98. The molecular weight excluding hydrogens is 418 g/mol. The Hall–Kier alpha value is -3.67. The van der Waals surface area contributed by atoms with Gasteiger partial charge in [0, 0.05) is 12.4 Å². The lowest BCUT2D eigenvalue weighted by Crippen LogP contribution is -2.08. The molecule has 0 unspecified atom stereocenters. The average Bonchev–Trinajstić information content (AvgIpc) is 2.87. The zero-order valence-corrected chi connectivity index (χ0v) is 18.7. The second kappa shape index (κ2) is 13.7. The van der Waals surface area contributed by atoms with Crippen molar-refractivity contribution < 1.29 is 23.8 Å². The summed E-state index contributed by atoms with van der Waals surface area (Å²) >= 11 is 0. The zero-order chi connectivity index (χ0) is 23.1. The summed E-state index contributed by atoms with van der Waals surface area (Å²) in [5.74, 6) is 0.547. The fourth-order valence-electron chi connectivity index (χ4n) is 3.18. The van der Waals surface area contributed by atoms with Crippen LogP contribution in [0.1, 0.15) is 59.2 Å². The molecule has 0 spiro atoms. The molecule has 0 aliphatic rings. The lowest BCUT2D eigenvalue weighted by molar-refractivity contribution is 0.0496. The van der Waals surface area contributed by atoms with Gasteiger partial charge in [0.15, 0.2) is 0 Å². The van der Waals surface area contributed by atoms with Gasteiger partial charge in [-0.2, -0.15) is 0 Å². The molecule has 0 fully saturated rings. The molecule has 0 aliphatic heterocycles. The molecule has 6 heteroatoms. The van der Waals surface area contributed by atoms with Crippen LogP contribution in [0.25, 0.3) is 0 Å². The highest BCUT2D eigenvalue weighted by atomic mass is 16.5. The van der Waals surface area contributed by atoms with Gasteiger partial charge in [-0.05, 0) is 61.4 Å². The van der Waals surface area contributed by atoms with Crippen molar-refractivity contribution >= 4 is 11.9 Å². The van der Waals surface area contributed by atoms with Gasteiger partial charge in [0.2, 0.25) is 0 Å². The van der Waals surface area contributed by atoms with Crippen molar-refractivity contribution in [3.63, 3.8) is 0 Å². The molecule has 3 aromatic rings. The number of esters is 2. The van der Waals surface area contributed by atoms with Crippen LogP contribution in [0.4, 0.5) is 0 Å². The highest BCUT2D eigenvalue weighted by Gasteiger charge is 2.08. The summed E-state index contributed by atoms with van der Waals surface area (Å²) < 4.78 is 16.4. The zero-order valence-electron chi connectivity index (χ0n) is 18.7. The molecule has 0 saturated carbocycles. The molecule has 6 nitrogen and oxygen atoms in total. The quantitative estimate of drug-likeness (QED) is 0.185. The molecular formula is C27H29NO5. The van der Waals surface area contributed by atoms with E-state index in [1.54, 1.807) is 66.9 Å². The molecule has 3 rings (SSSR count). The molecule has 172 valence electrons. The SMILES string of the molecule is O=C(OCCCCCCCCOc1ccc(OC(=O)c2ccccc2)cc1)c1cccnc1. The molecule has 0 saturated heterocycles. The van der Waals surface area contributed by atoms with Gasteiger partial charge in [-0.15, -0.1) is 0 Å². The minimum Gasteiger partial charge on any atom is -0.494 e. The topological polar surface area (TPSA) is 74.7 Å². The smallest absolute Gasteiger partial charge is 0.343 e. The van der Waals surface area contributed by atoms with Crippen LogP contribution in [0.2, 0.25) is 0 Å². The van der Waals surface area contributed by atoms with Crippen LogP contribution < -0.4 is 9.47 Å². The van der Waals surface area contributed by atoms with Gasteiger partial charge in [-0.1, -0.05) is 43.9 Å². The number of nitrogens with zero attached hydrogens (tertiary/aromatic N) is 1. The van der Waals surface area contributed by atoms with E-state index in [2.05, 4.69) is 4.98 Å². The number of pyridine rings is 1. The predicted molar refractivity (Wildman–Crippen MR) is 126 cm³/mol. The molecule has 1 heterocycles. The second-order valence-electron chi connectivity index (χ2n) is 7.57. The van der Waals surface area contributed by atoms with E-state index in [0.717, 1.165) is 44.3 Å². The summed E-state index contributed by atoms with van der Waals surface area (Å²) in [4.78, 5) is 27.8. The highest BCUT2D eigenvalue weighted by molar-refractivity contribution is 5.91. The normalized spacial score (nSPS) is 10.4. The molecule has 0 atom stereocenters. The summed E-state index contributed by atoms with van der Waals surface area (Å²) in [6.07, 6.45) is 9.32. The Morgan fingerprint density at radius 1 is 0.636 bits per heavy atom. The Morgan fingerprint density at radius 3 is 1.97 bits per heavy atom. The van der Waals surface area contributed by atoms with Crippen LogP contribution in [-0.2, 0) is 4.74 Å². The van der Waals surface area contributed by atoms with Crippen molar-refractivity contribution in [2.24, 2.45) is 0 Å².